The molecule has 0 fully saturated rings. The number of hydrogen-bond donors (Lipinski definition) is 2. The lowest BCUT2D eigenvalue weighted by Crippen LogP contribution is -3.07. The van der Waals surface area contributed by atoms with Crippen molar-refractivity contribution in [3.63, 3.8) is 0 Å². The lowest BCUT2D eigenvalue weighted by molar-refractivity contribution is -0.890. The van der Waals surface area contributed by atoms with Crippen molar-refractivity contribution in [3.8, 4) is 17.2 Å². The third-order valence-electron chi connectivity index (χ3n) is 4.37. The number of halogens is 1. The van der Waals surface area contributed by atoms with Gasteiger partial charge in [-0.05, 0) is 18.2 Å². The van der Waals surface area contributed by atoms with E-state index in [1.807, 2.05) is 38.4 Å². The first-order chi connectivity index (χ1) is 12.9. The van der Waals surface area contributed by atoms with Crippen molar-refractivity contribution in [2.75, 3.05) is 42.0 Å². The fourth-order valence-corrected chi connectivity index (χ4v) is 3.16. The molecule has 0 aliphatic carbocycles. The van der Waals surface area contributed by atoms with Crippen LogP contribution in [0.25, 0.3) is 0 Å². The van der Waals surface area contributed by atoms with Crippen molar-refractivity contribution in [2.24, 2.45) is 0 Å². The van der Waals surface area contributed by atoms with Gasteiger partial charge in [0.05, 0.1) is 42.0 Å². The quantitative estimate of drug-likeness (QED) is 0.720. The number of carbonyl (C=O) groups is 1. The van der Waals surface area contributed by atoms with Gasteiger partial charge in [0.1, 0.15) is 6.04 Å². The zero-order valence-corrected chi connectivity index (χ0v) is 17.0. The molecule has 0 bridgehead atoms. The van der Waals surface area contributed by atoms with Gasteiger partial charge in [0.2, 0.25) is 5.75 Å². The van der Waals surface area contributed by atoms with Gasteiger partial charge in [0.15, 0.2) is 11.5 Å². The van der Waals surface area contributed by atoms with E-state index in [9.17, 15) is 4.79 Å². The minimum Gasteiger partial charge on any atom is -0.493 e. The molecule has 7 heteroatoms. The van der Waals surface area contributed by atoms with Gasteiger partial charge in [-0.2, -0.15) is 0 Å². The van der Waals surface area contributed by atoms with Gasteiger partial charge in [0.25, 0.3) is 5.91 Å². The number of nitrogens with one attached hydrogen (secondary N) is 2. The summed E-state index contributed by atoms with van der Waals surface area (Å²) in [6, 6.07) is 10.9. The smallest absolute Gasteiger partial charge is 0.251 e. The Balaban J connectivity index is 2.22. The highest BCUT2D eigenvalue weighted by molar-refractivity contribution is 6.31. The van der Waals surface area contributed by atoms with Gasteiger partial charge in [-0.3, -0.25) is 4.79 Å². The Morgan fingerprint density at radius 3 is 2.15 bits per heavy atom. The van der Waals surface area contributed by atoms with Gasteiger partial charge in [-0.1, -0.05) is 29.8 Å². The second kappa shape index (κ2) is 9.48. The van der Waals surface area contributed by atoms with E-state index in [-0.39, 0.29) is 11.9 Å². The average Bonchev–Trinajstić information content (AvgIpc) is 2.67. The van der Waals surface area contributed by atoms with Gasteiger partial charge in [-0.25, -0.2) is 0 Å². The van der Waals surface area contributed by atoms with Crippen LogP contribution in [0.4, 0.5) is 0 Å². The van der Waals surface area contributed by atoms with Gasteiger partial charge < -0.3 is 24.4 Å². The summed E-state index contributed by atoms with van der Waals surface area (Å²) in [7, 11) is 8.61. The lowest BCUT2D eigenvalue weighted by Gasteiger charge is -2.23. The molecule has 0 spiro atoms. The van der Waals surface area contributed by atoms with E-state index in [1.54, 1.807) is 12.1 Å². The van der Waals surface area contributed by atoms with Crippen LogP contribution in [0.5, 0.6) is 17.2 Å². The monoisotopic (exact) mass is 393 g/mol. The third kappa shape index (κ3) is 4.84. The summed E-state index contributed by atoms with van der Waals surface area (Å²) in [5, 5.41) is 3.66. The molecule has 0 radical (unpaired) electrons. The van der Waals surface area contributed by atoms with Crippen LogP contribution in [-0.2, 0) is 0 Å². The summed E-state index contributed by atoms with van der Waals surface area (Å²) in [6.07, 6.45) is 0. The molecule has 0 aliphatic heterocycles. The molecule has 146 valence electrons. The molecule has 6 nitrogen and oxygen atoms in total. The van der Waals surface area contributed by atoms with Crippen LogP contribution in [0.3, 0.4) is 0 Å². The Bertz CT molecular complexity index is 770. The second-order valence-electron chi connectivity index (χ2n) is 6.28. The molecule has 1 amide bonds. The van der Waals surface area contributed by atoms with Crippen molar-refractivity contribution in [2.45, 2.75) is 6.04 Å². The molecular weight excluding hydrogens is 368 g/mol. The van der Waals surface area contributed by atoms with Gasteiger partial charge in [0, 0.05) is 16.1 Å². The lowest BCUT2D eigenvalue weighted by atomic mass is 10.1. The minimum atomic E-state index is -0.229. The van der Waals surface area contributed by atoms with E-state index in [0.29, 0.717) is 34.4 Å². The zero-order valence-electron chi connectivity index (χ0n) is 16.3. The standard InChI is InChI=1S/C20H25ClN2O4/c1-23(2)16(14-8-6-7-9-15(14)21)12-22-20(24)13-10-17(25-3)19(27-5)18(11-13)26-4/h6-11,16H,12H2,1-5H3,(H,22,24)/p+1/t16-/m1/s1. The number of likely N-dealkylation sites (N-methyl/N-ethyl adjacent to an activating group) is 1. The van der Waals surface area contributed by atoms with Crippen molar-refractivity contribution < 1.29 is 23.9 Å². The molecule has 0 unspecified atom stereocenters. The van der Waals surface area contributed by atoms with Crippen LogP contribution in [0.2, 0.25) is 5.02 Å². The molecule has 27 heavy (non-hydrogen) atoms. The van der Waals surface area contributed by atoms with Crippen molar-refractivity contribution >= 4 is 17.5 Å². The molecule has 0 saturated carbocycles. The summed E-state index contributed by atoms with van der Waals surface area (Å²) < 4.78 is 15.9. The molecular formula is C20H26ClN2O4+. The highest BCUT2D eigenvalue weighted by Gasteiger charge is 2.23. The number of benzene rings is 2. The van der Waals surface area contributed by atoms with Crippen molar-refractivity contribution in [3.05, 3.63) is 52.5 Å². The van der Waals surface area contributed by atoms with Crippen LogP contribution in [0, 0.1) is 0 Å². The number of ether oxygens (including phenoxy) is 3. The van der Waals surface area contributed by atoms with E-state index >= 15 is 0 Å². The van der Waals surface area contributed by atoms with Crippen LogP contribution < -0.4 is 24.4 Å². The summed E-state index contributed by atoms with van der Waals surface area (Å²) in [6.45, 7) is 0.432. The molecule has 2 aromatic carbocycles. The van der Waals surface area contributed by atoms with E-state index in [1.165, 1.54) is 21.3 Å². The average molecular weight is 394 g/mol. The molecule has 0 aromatic heterocycles. The number of amides is 1. The van der Waals surface area contributed by atoms with E-state index in [2.05, 4.69) is 5.32 Å². The maximum atomic E-state index is 12.7. The summed E-state index contributed by atoms with van der Waals surface area (Å²) >= 11 is 6.33. The van der Waals surface area contributed by atoms with Crippen LogP contribution >= 0.6 is 11.6 Å². The summed E-state index contributed by atoms with van der Waals surface area (Å²) in [4.78, 5) is 13.9. The Hall–Kier alpha value is -2.44. The number of carbonyl (C=O) groups excluding carboxylic acids is 1. The summed E-state index contributed by atoms with van der Waals surface area (Å²) in [5.74, 6) is 1.08. The second-order valence-corrected chi connectivity index (χ2v) is 6.68. The largest absolute Gasteiger partial charge is 0.493 e. The maximum Gasteiger partial charge on any atom is 0.251 e. The normalized spacial score (nSPS) is 11.8. The highest BCUT2D eigenvalue weighted by atomic mass is 35.5. The predicted molar refractivity (Wildman–Crippen MR) is 105 cm³/mol. The number of rotatable bonds is 8. The van der Waals surface area contributed by atoms with Crippen LogP contribution in [-0.4, -0.2) is 47.9 Å². The highest BCUT2D eigenvalue weighted by Crippen LogP contribution is 2.38. The zero-order chi connectivity index (χ0) is 20.0. The molecule has 2 N–H and O–H groups in total. The Kier molecular flexibility index (Phi) is 7.33. The van der Waals surface area contributed by atoms with Gasteiger partial charge in [-0.15, -0.1) is 0 Å². The topological polar surface area (TPSA) is 61.2 Å². The molecule has 2 aromatic rings. The van der Waals surface area contributed by atoms with Gasteiger partial charge >= 0.3 is 0 Å². The Labute approximate surface area is 165 Å². The first-order valence-electron chi connectivity index (χ1n) is 8.55. The fourth-order valence-electron chi connectivity index (χ4n) is 2.89. The van der Waals surface area contributed by atoms with E-state index in [0.717, 1.165) is 10.5 Å². The van der Waals surface area contributed by atoms with Crippen molar-refractivity contribution in [1.82, 2.24) is 5.32 Å². The third-order valence-corrected chi connectivity index (χ3v) is 4.72. The van der Waals surface area contributed by atoms with E-state index in [4.69, 9.17) is 25.8 Å². The number of quaternary nitrogens is 1. The predicted octanol–water partition coefficient (Wildman–Crippen LogP) is 1.98. The first-order valence-corrected chi connectivity index (χ1v) is 8.93. The Morgan fingerprint density at radius 1 is 1.07 bits per heavy atom. The van der Waals surface area contributed by atoms with E-state index < -0.39 is 0 Å². The molecule has 0 heterocycles. The molecule has 0 saturated heterocycles. The minimum absolute atomic E-state index is 0.0182. The maximum absolute atomic E-state index is 12.7. The number of hydrogen-bond acceptors (Lipinski definition) is 4. The molecule has 0 aliphatic rings. The Morgan fingerprint density at radius 2 is 1.67 bits per heavy atom. The van der Waals surface area contributed by atoms with Crippen LogP contribution in [0.1, 0.15) is 22.0 Å². The summed E-state index contributed by atoms with van der Waals surface area (Å²) in [5.41, 5.74) is 1.42. The number of methoxy groups -OCH3 is 3. The SMILES string of the molecule is COc1cc(C(=O)NC[C@H](c2ccccc2Cl)[NH+](C)C)cc(OC)c1OC. The van der Waals surface area contributed by atoms with Crippen LogP contribution in [0.15, 0.2) is 36.4 Å². The van der Waals surface area contributed by atoms with Crippen molar-refractivity contribution in [1.29, 1.82) is 0 Å². The molecule has 1 atom stereocenters. The molecule has 2 rings (SSSR count). The first kappa shape index (κ1) is 20.9. The fraction of sp³-hybridized carbons (Fsp3) is 0.350.